The van der Waals surface area contributed by atoms with E-state index in [1.807, 2.05) is 30.3 Å². The molecule has 0 unspecified atom stereocenters. The topological polar surface area (TPSA) is 66.0 Å². The van der Waals surface area contributed by atoms with E-state index >= 15 is 0 Å². The number of fused-ring (bicyclic) bond motifs is 1. The van der Waals surface area contributed by atoms with Crippen molar-refractivity contribution in [2.24, 2.45) is 0 Å². The first-order valence-corrected chi connectivity index (χ1v) is 9.68. The predicted molar refractivity (Wildman–Crippen MR) is 111 cm³/mol. The molecule has 2 N–H and O–H groups in total. The molecule has 2 aromatic carbocycles. The third-order valence-corrected chi connectivity index (χ3v) is 5.50. The summed E-state index contributed by atoms with van der Waals surface area (Å²) in [5, 5.41) is 0.926. The number of benzene rings is 2. The van der Waals surface area contributed by atoms with E-state index in [4.69, 9.17) is 10.5 Å². The first-order chi connectivity index (χ1) is 13.8. The first-order valence-electron chi connectivity index (χ1n) is 9.68. The molecule has 0 atom stereocenters. The van der Waals surface area contributed by atoms with Gasteiger partial charge in [0.2, 0.25) is 0 Å². The third-order valence-electron chi connectivity index (χ3n) is 5.50. The van der Waals surface area contributed by atoms with Crippen molar-refractivity contribution < 1.29 is 4.74 Å². The van der Waals surface area contributed by atoms with E-state index < -0.39 is 0 Å². The number of ether oxygens (including phenoxy) is 1. The van der Waals surface area contributed by atoms with Crippen LogP contribution in [0.25, 0.3) is 22.2 Å². The number of hydrogen-bond donors (Lipinski definition) is 1. The summed E-state index contributed by atoms with van der Waals surface area (Å²) in [6.07, 6.45) is 7.37. The van der Waals surface area contributed by atoms with Gasteiger partial charge in [0.25, 0.3) is 0 Å². The molecule has 5 nitrogen and oxygen atoms in total. The Balaban J connectivity index is 1.51. The minimum Gasteiger partial charge on any atom is -0.489 e. The maximum atomic E-state index is 6.24. The van der Waals surface area contributed by atoms with Crippen LogP contribution in [0.3, 0.4) is 0 Å². The molecule has 2 aromatic heterocycles. The van der Waals surface area contributed by atoms with Gasteiger partial charge in [0.15, 0.2) is 0 Å². The van der Waals surface area contributed by atoms with Crippen LogP contribution >= 0.6 is 0 Å². The van der Waals surface area contributed by atoms with Gasteiger partial charge >= 0.3 is 0 Å². The summed E-state index contributed by atoms with van der Waals surface area (Å²) in [5.41, 5.74) is 10.4. The lowest BCUT2D eigenvalue weighted by molar-refractivity contribution is 0.306. The maximum absolute atomic E-state index is 6.24. The number of rotatable bonds is 5. The Bertz CT molecular complexity index is 1120. The van der Waals surface area contributed by atoms with Gasteiger partial charge < -0.3 is 15.0 Å². The molecule has 140 valence electrons. The molecule has 0 saturated heterocycles. The third kappa shape index (κ3) is 2.99. The highest BCUT2D eigenvalue weighted by molar-refractivity contribution is 6.00. The summed E-state index contributed by atoms with van der Waals surface area (Å²) >= 11 is 0. The lowest BCUT2D eigenvalue weighted by Crippen LogP contribution is -2.16. The van der Waals surface area contributed by atoms with Crippen molar-refractivity contribution in [1.82, 2.24) is 14.5 Å². The Hall–Kier alpha value is -3.34. The van der Waals surface area contributed by atoms with Gasteiger partial charge in [-0.25, -0.2) is 9.97 Å². The highest BCUT2D eigenvalue weighted by Crippen LogP contribution is 2.40. The van der Waals surface area contributed by atoms with Gasteiger partial charge in [-0.15, -0.1) is 0 Å². The van der Waals surface area contributed by atoms with Gasteiger partial charge in [-0.2, -0.15) is 0 Å². The summed E-state index contributed by atoms with van der Waals surface area (Å²) < 4.78 is 8.28. The molecule has 5 heteroatoms. The number of nitrogens with two attached hydrogens (primary N) is 1. The van der Waals surface area contributed by atoms with Crippen LogP contribution in [0.2, 0.25) is 0 Å². The van der Waals surface area contributed by atoms with Gasteiger partial charge in [-0.1, -0.05) is 42.5 Å². The van der Waals surface area contributed by atoms with Crippen LogP contribution in [-0.2, 0) is 6.61 Å². The zero-order chi connectivity index (χ0) is 18.9. The van der Waals surface area contributed by atoms with Crippen LogP contribution in [0.4, 0.5) is 5.82 Å². The van der Waals surface area contributed by atoms with E-state index in [1.165, 1.54) is 19.3 Å². The summed E-state index contributed by atoms with van der Waals surface area (Å²) in [5.74, 6) is 1.36. The number of nitrogens with zero attached hydrogens (tertiary/aromatic N) is 3. The summed E-state index contributed by atoms with van der Waals surface area (Å²) in [4.78, 5) is 8.76. The molecule has 1 aliphatic carbocycles. The lowest BCUT2D eigenvalue weighted by atomic mass is 9.93. The number of anilines is 1. The highest BCUT2D eigenvalue weighted by Gasteiger charge is 2.24. The Morgan fingerprint density at radius 2 is 1.89 bits per heavy atom. The fourth-order valence-electron chi connectivity index (χ4n) is 3.76. The van der Waals surface area contributed by atoms with Crippen molar-refractivity contribution in [2.75, 3.05) is 5.73 Å². The van der Waals surface area contributed by atoms with Gasteiger partial charge in [0.05, 0.1) is 5.39 Å². The standard InChI is InChI=1S/C23H22N4O/c24-22-21-20(13-27(18-9-5-10-18)23(21)26-15-25-22)17-8-4-11-19(12-17)28-14-16-6-2-1-3-7-16/h1-4,6-8,11-13,15,18H,5,9-10,14H2,(H2,24,25,26). The molecule has 2 heterocycles. The molecule has 0 spiro atoms. The monoisotopic (exact) mass is 370 g/mol. The summed E-state index contributed by atoms with van der Waals surface area (Å²) in [6.45, 7) is 0.541. The molecular formula is C23H22N4O. The van der Waals surface area contributed by atoms with Gasteiger partial charge in [-0.3, -0.25) is 0 Å². The maximum Gasteiger partial charge on any atom is 0.146 e. The van der Waals surface area contributed by atoms with Crippen LogP contribution in [0.15, 0.2) is 67.1 Å². The summed E-state index contributed by atoms with van der Waals surface area (Å²) in [7, 11) is 0. The molecule has 0 aliphatic heterocycles. The van der Waals surface area contributed by atoms with Crippen molar-refractivity contribution >= 4 is 16.9 Å². The molecule has 0 bridgehead atoms. The van der Waals surface area contributed by atoms with Crippen LogP contribution in [0.5, 0.6) is 5.75 Å². The van der Waals surface area contributed by atoms with Gasteiger partial charge in [0, 0.05) is 17.8 Å². The predicted octanol–water partition coefficient (Wildman–Crippen LogP) is 4.98. The molecule has 1 aliphatic rings. The average molecular weight is 370 g/mol. The van der Waals surface area contributed by atoms with Crippen LogP contribution in [0.1, 0.15) is 30.9 Å². The Labute approximate surface area is 163 Å². The van der Waals surface area contributed by atoms with Crippen molar-refractivity contribution in [3.63, 3.8) is 0 Å². The average Bonchev–Trinajstić information content (AvgIpc) is 3.07. The molecule has 1 fully saturated rings. The second-order valence-electron chi connectivity index (χ2n) is 7.29. The second kappa shape index (κ2) is 7.00. The van der Waals surface area contributed by atoms with Crippen molar-refractivity contribution in [3.8, 4) is 16.9 Å². The van der Waals surface area contributed by atoms with E-state index in [0.29, 0.717) is 18.5 Å². The van der Waals surface area contributed by atoms with Crippen molar-refractivity contribution in [2.45, 2.75) is 31.9 Å². The number of hydrogen-bond acceptors (Lipinski definition) is 4. The fourth-order valence-corrected chi connectivity index (χ4v) is 3.76. The Morgan fingerprint density at radius 1 is 1.04 bits per heavy atom. The molecule has 28 heavy (non-hydrogen) atoms. The molecule has 1 saturated carbocycles. The zero-order valence-electron chi connectivity index (χ0n) is 15.6. The Kier molecular flexibility index (Phi) is 4.20. The van der Waals surface area contributed by atoms with E-state index in [-0.39, 0.29) is 0 Å². The highest BCUT2D eigenvalue weighted by atomic mass is 16.5. The van der Waals surface area contributed by atoms with Gasteiger partial charge in [0.1, 0.15) is 30.1 Å². The van der Waals surface area contributed by atoms with Crippen molar-refractivity contribution in [3.05, 3.63) is 72.7 Å². The summed E-state index contributed by atoms with van der Waals surface area (Å²) in [6, 6.07) is 18.8. The molecule has 4 aromatic rings. The normalized spacial score (nSPS) is 14.1. The quantitative estimate of drug-likeness (QED) is 0.538. The minimum absolute atomic E-state index is 0.503. The van der Waals surface area contributed by atoms with Crippen LogP contribution in [0, 0.1) is 0 Å². The van der Waals surface area contributed by atoms with Crippen LogP contribution in [-0.4, -0.2) is 14.5 Å². The van der Waals surface area contributed by atoms with Crippen LogP contribution < -0.4 is 10.5 Å². The van der Waals surface area contributed by atoms with E-state index in [0.717, 1.165) is 33.5 Å². The number of aromatic nitrogens is 3. The smallest absolute Gasteiger partial charge is 0.146 e. The zero-order valence-corrected chi connectivity index (χ0v) is 15.6. The van der Waals surface area contributed by atoms with Gasteiger partial charge in [-0.05, 0) is 42.5 Å². The molecule has 0 radical (unpaired) electrons. The second-order valence-corrected chi connectivity index (χ2v) is 7.29. The van der Waals surface area contributed by atoms with E-state index in [2.05, 4.69) is 45.0 Å². The largest absolute Gasteiger partial charge is 0.489 e. The minimum atomic E-state index is 0.503. The first kappa shape index (κ1) is 16.8. The van der Waals surface area contributed by atoms with Crippen molar-refractivity contribution in [1.29, 1.82) is 0 Å². The SMILES string of the molecule is Nc1ncnc2c1c(-c1cccc(OCc3ccccc3)c1)cn2C1CCC1. The van der Waals surface area contributed by atoms with E-state index in [1.54, 1.807) is 6.33 Å². The van der Waals surface area contributed by atoms with E-state index in [9.17, 15) is 0 Å². The number of nitrogen functional groups attached to an aromatic ring is 1. The molecular weight excluding hydrogens is 348 g/mol. The molecule has 5 rings (SSSR count). The fraction of sp³-hybridized carbons (Fsp3) is 0.217. The Morgan fingerprint density at radius 3 is 2.68 bits per heavy atom. The molecule has 0 amide bonds. The lowest BCUT2D eigenvalue weighted by Gasteiger charge is -2.27.